The molecule has 0 spiro atoms. The van der Waals surface area contributed by atoms with Crippen molar-refractivity contribution in [3.8, 4) is 17.2 Å². The van der Waals surface area contributed by atoms with E-state index in [2.05, 4.69) is 0 Å². The van der Waals surface area contributed by atoms with E-state index in [0.717, 1.165) is 76.2 Å². The fraction of sp³-hybridized carbons (Fsp3) is 0.475. The second kappa shape index (κ2) is 14.1. The standard InChI is InChI=1S/C40H49N3O6/c1-24-15-28(16-25(2)35(24)44)21-41-38(47)42(22-29-17-26(3)36(45)33(19-29)31-11-7-5-8-12-31)40(49)43(39(41)48)23-30-18-27(4)37(46)34(20-30)32-13-9-6-10-14-32/h15-20,31-32,44-46H,5-14,21-23H2,1-4H3. The fourth-order valence-electron chi connectivity index (χ4n) is 8.17. The summed E-state index contributed by atoms with van der Waals surface area (Å²) >= 11 is 0. The minimum absolute atomic E-state index is 0.0612. The van der Waals surface area contributed by atoms with Crippen LogP contribution in [0.3, 0.4) is 0 Å². The van der Waals surface area contributed by atoms with Crippen LogP contribution in [0.1, 0.15) is 126 Å². The zero-order valence-electron chi connectivity index (χ0n) is 29.2. The third-order valence-electron chi connectivity index (χ3n) is 10.8. The molecule has 3 aromatic carbocycles. The van der Waals surface area contributed by atoms with E-state index in [1.165, 1.54) is 12.8 Å². The van der Waals surface area contributed by atoms with Crippen molar-refractivity contribution in [1.82, 2.24) is 13.7 Å². The van der Waals surface area contributed by atoms with Crippen LogP contribution in [-0.4, -0.2) is 29.0 Å². The monoisotopic (exact) mass is 667 g/mol. The molecule has 0 saturated heterocycles. The Balaban J connectivity index is 1.47. The SMILES string of the molecule is Cc1cc(Cn2c(=O)n(Cc3cc(C)c(O)c(C4CCCCC4)c3)c(=O)n(Cc3cc(C)c(O)c(C4CCCCC4)c3)c2=O)cc(C)c1O. The van der Waals surface area contributed by atoms with Crippen LogP contribution in [0.4, 0.5) is 0 Å². The highest BCUT2D eigenvalue weighted by Gasteiger charge is 2.24. The minimum Gasteiger partial charge on any atom is -0.507 e. The van der Waals surface area contributed by atoms with E-state index >= 15 is 0 Å². The lowest BCUT2D eigenvalue weighted by molar-refractivity contribution is 0.411. The van der Waals surface area contributed by atoms with Crippen LogP contribution in [0.25, 0.3) is 0 Å². The lowest BCUT2D eigenvalue weighted by Crippen LogP contribution is -2.54. The lowest BCUT2D eigenvalue weighted by atomic mass is 9.82. The van der Waals surface area contributed by atoms with Crippen LogP contribution in [0.5, 0.6) is 17.2 Å². The number of hydrogen-bond acceptors (Lipinski definition) is 6. The first-order valence-electron chi connectivity index (χ1n) is 17.8. The molecule has 6 rings (SSSR count). The minimum atomic E-state index is -0.718. The zero-order chi connectivity index (χ0) is 35.0. The van der Waals surface area contributed by atoms with E-state index < -0.39 is 17.1 Å². The fourth-order valence-corrected chi connectivity index (χ4v) is 8.17. The highest BCUT2D eigenvalue weighted by atomic mass is 16.3. The molecule has 0 radical (unpaired) electrons. The Hall–Kier alpha value is -4.53. The second-order valence-electron chi connectivity index (χ2n) is 14.6. The number of aryl methyl sites for hydroxylation is 4. The summed E-state index contributed by atoms with van der Waals surface area (Å²) in [6.45, 7) is 7.00. The zero-order valence-corrected chi connectivity index (χ0v) is 29.2. The summed E-state index contributed by atoms with van der Waals surface area (Å²) in [5, 5.41) is 32.4. The molecule has 2 aliphatic carbocycles. The van der Waals surface area contributed by atoms with Gasteiger partial charge in [-0.1, -0.05) is 74.9 Å². The van der Waals surface area contributed by atoms with Crippen LogP contribution < -0.4 is 17.1 Å². The van der Waals surface area contributed by atoms with Crippen molar-refractivity contribution < 1.29 is 15.3 Å². The van der Waals surface area contributed by atoms with Crippen molar-refractivity contribution in [2.75, 3.05) is 0 Å². The third-order valence-corrected chi connectivity index (χ3v) is 10.8. The largest absolute Gasteiger partial charge is 0.507 e. The maximum Gasteiger partial charge on any atom is 0.336 e. The maximum atomic E-state index is 14.2. The van der Waals surface area contributed by atoms with E-state index in [-0.39, 0.29) is 48.7 Å². The number of aromatic nitrogens is 3. The quantitative estimate of drug-likeness (QED) is 0.191. The summed E-state index contributed by atoms with van der Waals surface area (Å²) in [6, 6.07) is 10.9. The normalized spacial score (nSPS) is 15.9. The summed E-state index contributed by atoms with van der Waals surface area (Å²) in [5.74, 6) is 1.12. The Bertz CT molecular complexity index is 1920. The second-order valence-corrected chi connectivity index (χ2v) is 14.6. The van der Waals surface area contributed by atoms with Crippen molar-refractivity contribution in [1.29, 1.82) is 0 Å². The van der Waals surface area contributed by atoms with Gasteiger partial charge in [0, 0.05) is 0 Å². The van der Waals surface area contributed by atoms with Crippen LogP contribution in [0.15, 0.2) is 50.8 Å². The topological polar surface area (TPSA) is 127 Å². The van der Waals surface area contributed by atoms with Gasteiger partial charge in [-0.05, 0) is 115 Å². The van der Waals surface area contributed by atoms with E-state index in [1.54, 1.807) is 38.1 Å². The number of benzene rings is 3. The molecule has 2 aliphatic rings. The van der Waals surface area contributed by atoms with Crippen LogP contribution in [-0.2, 0) is 19.6 Å². The van der Waals surface area contributed by atoms with Gasteiger partial charge in [-0.25, -0.2) is 28.1 Å². The number of phenolic OH excluding ortho intramolecular Hbond substituents is 3. The molecule has 1 aromatic heterocycles. The van der Waals surface area contributed by atoms with Gasteiger partial charge < -0.3 is 15.3 Å². The van der Waals surface area contributed by atoms with Crippen LogP contribution >= 0.6 is 0 Å². The van der Waals surface area contributed by atoms with Crippen molar-refractivity contribution >= 4 is 0 Å². The number of rotatable bonds is 8. The maximum absolute atomic E-state index is 14.2. The predicted molar refractivity (Wildman–Crippen MR) is 191 cm³/mol. The first-order chi connectivity index (χ1) is 23.4. The molecule has 9 heteroatoms. The van der Waals surface area contributed by atoms with Gasteiger partial charge in [0.1, 0.15) is 17.2 Å². The van der Waals surface area contributed by atoms with Crippen molar-refractivity contribution in [2.24, 2.45) is 0 Å². The van der Waals surface area contributed by atoms with Gasteiger partial charge in [0.15, 0.2) is 0 Å². The molecule has 2 fully saturated rings. The molecule has 0 unspecified atom stereocenters. The number of phenols is 3. The molecule has 4 aromatic rings. The average Bonchev–Trinajstić information content (AvgIpc) is 3.09. The summed E-state index contributed by atoms with van der Waals surface area (Å²) in [4.78, 5) is 42.5. The summed E-state index contributed by atoms with van der Waals surface area (Å²) in [5.41, 5.74) is 4.25. The Morgan fingerprint density at radius 3 is 1.08 bits per heavy atom. The van der Waals surface area contributed by atoms with Gasteiger partial charge in [-0.15, -0.1) is 0 Å². The number of hydrogen-bond donors (Lipinski definition) is 3. The molecule has 49 heavy (non-hydrogen) atoms. The Kier molecular flexibility index (Phi) is 9.91. The van der Waals surface area contributed by atoms with Crippen molar-refractivity contribution in [3.63, 3.8) is 0 Å². The van der Waals surface area contributed by atoms with E-state index in [4.69, 9.17) is 0 Å². The Morgan fingerprint density at radius 2 is 0.755 bits per heavy atom. The molecule has 2 saturated carbocycles. The smallest absolute Gasteiger partial charge is 0.336 e. The Labute approximate surface area is 287 Å². The Morgan fingerprint density at radius 1 is 0.469 bits per heavy atom. The molecule has 0 atom stereocenters. The third kappa shape index (κ3) is 6.98. The first kappa shape index (κ1) is 34.3. The summed E-state index contributed by atoms with van der Waals surface area (Å²) in [6.07, 6.45) is 10.7. The number of nitrogens with zero attached hydrogens (tertiary/aromatic N) is 3. The lowest BCUT2D eigenvalue weighted by Gasteiger charge is -2.24. The van der Waals surface area contributed by atoms with Crippen molar-refractivity contribution in [2.45, 2.75) is 123 Å². The molecule has 0 aliphatic heterocycles. The molecule has 9 nitrogen and oxygen atoms in total. The van der Waals surface area contributed by atoms with Gasteiger partial charge in [-0.3, -0.25) is 0 Å². The van der Waals surface area contributed by atoms with E-state index in [0.29, 0.717) is 38.9 Å². The van der Waals surface area contributed by atoms with E-state index in [1.807, 2.05) is 26.0 Å². The van der Waals surface area contributed by atoms with Crippen LogP contribution in [0.2, 0.25) is 0 Å². The average molecular weight is 668 g/mol. The summed E-state index contributed by atoms with van der Waals surface area (Å²) in [7, 11) is 0. The van der Waals surface area contributed by atoms with Gasteiger partial charge in [0.2, 0.25) is 0 Å². The number of aromatic hydroxyl groups is 3. The van der Waals surface area contributed by atoms with Crippen LogP contribution in [0, 0.1) is 27.7 Å². The van der Waals surface area contributed by atoms with Gasteiger partial charge >= 0.3 is 17.1 Å². The van der Waals surface area contributed by atoms with Gasteiger partial charge in [-0.2, -0.15) is 0 Å². The molecule has 0 bridgehead atoms. The summed E-state index contributed by atoms with van der Waals surface area (Å²) < 4.78 is 3.33. The molecule has 3 N–H and O–H groups in total. The highest BCUT2D eigenvalue weighted by molar-refractivity contribution is 5.46. The molecule has 0 amide bonds. The molecule has 1 heterocycles. The molecular formula is C40H49N3O6. The van der Waals surface area contributed by atoms with Crippen molar-refractivity contribution in [3.05, 3.63) is 118 Å². The molecular weight excluding hydrogens is 618 g/mol. The molecule has 260 valence electrons. The van der Waals surface area contributed by atoms with Gasteiger partial charge in [0.25, 0.3) is 0 Å². The van der Waals surface area contributed by atoms with E-state index in [9.17, 15) is 29.7 Å². The van der Waals surface area contributed by atoms with Gasteiger partial charge in [0.05, 0.1) is 19.6 Å². The predicted octanol–water partition coefficient (Wildman–Crippen LogP) is 6.76. The highest BCUT2D eigenvalue weighted by Crippen LogP contribution is 2.40. The first-order valence-corrected chi connectivity index (χ1v) is 17.8.